The van der Waals surface area contributed by atoms with Gasteiger partial charge in [0.05, 0.1) is 5.41 Å². The van der Waals surface area contributed by atoms with Crippen molar-refractivity contribution in [3.05, 3.63) is 65.2 Å². The summed E-state index contributed by atoms with van der Waals surface area (Å²) >= 11 is 0. The van der Waals surface area contributed by atoms with Crippen LogP contribution in [0.4, 0.5) is 5.69 Å². The second-order valence-corrected chi connectivity index (χ2v) is 8.13. The summed E-state index contributed by atoms with van der Waals surface area (Å²) in [5.41, 5.74) is 4.60. The first-order valence-corrected chi connectivity index (χ1v) is 10.3. The molecule has 0 spiro atoms. The van der Waals surface area contributed by atoms with Gasteiger partial charge in [-0.3, -0.25) is 4.79 Å². The summed E-state index contributed by atoms with van der Waals surface area (Å²) in [6.45, 7) is 8.94. The minimum Gasteiger partial charge on any atom is -0.381 e. The van der Waals surface area contributed by atoms with E-state index in [0.717, 1.165) is 44.6 Å². The van der Waals surface area contributed by atoms with E-state index in [0.29, 0.717) is 13.2 Å². The Morgan fingerprint density at radius 1 is 0.929 bits per heavy atom. The van der Waals surface area contributed by atoms with Crippen molar-refractivity contribution in [2.75, 3.05) is 44.3 Å². The highest BCUT2D eigenvalue weighted by Gasteiger charge is 2.44. The molecule has 0 bridgehead atoms. The Bertz CT molecular complexity index is 820. The number of ether oxygens (including phenoxy) is 1. The van der Waals surface area contributed by atoms with Gasteiger partial charge in [0.15, 0.2) is 0 Å². The van der Waals surface area contributed by atoms with E-state index in [1.54, 1.807) is 0 Å². The second kappa shape index (κ2) is 7.96. The molecule has 4 rings (SSSR count). The van der Waals surface area contributed by atoms with Crippen molar-refractivity contribution in [2.45, 2.75) is 32.1 Å². The molecule has 0 unspecified atom stereocenters. The number of amides is 1. The number of piperazine rings is 1. The van der Waals surface area contributed by atoms with E-state index in [9.17, 15) is 4.79 Å². The lowest BCUT2D eigenvalue weighted by atomic mass is 9.73. The highest BCUT2D eigenvalue weighted by atomic mass is 16.5. The standard InChI is InChI=1S/C24H30N2O2/c1-19-8-9-22(20(2)18-19)25-12-14-26(15-13-25)23(27)24(10-16-28-17-11-24)21-6-4-3-5-7-21/h3-9,18H,10-17H2,1-2H3. The predicted octanol–water partition coefficient (Wildman–Crippen LogP) is 3.70. The maximum Gasteiger partial charge on any atom is 0.233 e. The summed E-state index contributed by atoms with van der Waals surface area (Å²) in [6, 6.07) is 16.9. The molecule has 0 N–H and O–H groups in total. The average Bonchev–Trinajstić information content (AvgIpc) is 2.74. The topological polar surface area (TPSA) is 32.8 Å². The summed E-state index contributed by atoms with van der Waals surface area (Å²) in [7, 11) is 0. The first kappa shape index (κ1) is 19.0. The quantitative estimate of drug-likeness (QED) is 0.816. The van der Waals surface area contributed by atoms with Gasteiger partial charge in [0.25, 0.3) is 0 Å². The van der Waals surface area contributed by atoms with E-state index in [1.807, 2.05) is 18.2 Å². The molecule has 2 aromatic rings. The van der Waals surface area contributed by atoms with E-state index >= 15 is 0 Å². The third-order valence-electron chi connectivity index (χ3n) is 6.34. The van der Waals surface area contributed by atoms with E-state index in [1.165, 1.54) is 16.8 Å². The molecule has 2 aliphatic rings. The Hall–Kier alpha value is -2.33. The number of rotatable bonds is 3. The largest absolute Gasteiger partial charge is 0.381 e. The smallest absolute Gasteiger partial charge is 0.233 e. The van der Waals surface area contributed by atoms with Crippen molar-refractivity contribution in [2.24, 2.45) is 0 Å². The van der Waals surface area contributed by atoms with E-state index in [-0.39, 0.29) is 5.91 Å². The minimum absolute atomic E-state index is 0.280. The fourth-order valence-electron chi connectivity index (χ4n) is 4.72. The Labute approximate surface area is 168 Å². The first-order chi connectivity index (χ1) is 13.6. The summed E-state index contributed by atoms with van der Waals surface area (Å²) < 4.78 is 5.60. The monoisotopic (exact) mass is 378 g/mol. The molecule has 0 radical (unpaired) electrons. The highest BCUT2D eigenvalue weighted by Crippen LogP contribution is 2.37. The SMILES string of the molecule is Cc1ccc(N2CCN(C(=O)C3(c4ccccc4)CCOCC3)CC2)c(C)c1. The predicted molar refractivity (Wildman–Crippen MR) is 113 cm³/mol. The van der Waals surface area contributed by atoms with Crippen molar-refractivity contribution < 1.29 is 9.53 Å². The van der Waals surface area contributed by atoms with Crippen molar-refractivity contribution in [1.29, 1.82) is 0 Å². The highest BCUT2D eigenvalue weighted by molar-refractivity contribution is 5.88. The number of hydrogen-bond donors (Lipinski definition) is 0. The third kappa shape index (κ3) is 3.53. The number of carbonyl (C=O) groups is 1. The second-order valence-electron chi connectivity index (χ2n) is 8.13. The van der Waals surface area contributed by atoms with Crippen LogP contribution in [-0.2, 0) is 14.9 Å². The van der Waals surface area contributed by atoms with E-state index < -0.39 is 5.41 Å². The summed E-state index contributed by atoms with van der Waals surface area (Å²) in [4.78, 5) is 18.2. The minimum atomic E-state index is -0.429. The lowest BCUT2D eigenvalue weighted by molar-refractivity contribution is -0.141. The van der Waals surface area contributed by atoms with Crippen LogP contribution < -0.4 is 4.90 Å². The van der Waals surface area contributed by atoms with Crippen molar-refractivity contribution in [3.63, 3.8) is 0 Å². The Morgan fingerprint density at radius 3 is 2.25 bits per heavy atom. The van der Waals surface area contributed by atoms with Crippen molar-refractivity contribution in [3.8, 4) is 0 Å². The Balaban J connectivity index is 1.51. The molecule has 0 aromatic heterocycles. The molecular formula is C24H30N2O2. The van der Waals surface area contributed by atoms with Gasteiger partial charge in [-0.05, 0) is 43.9 Å². The molecule has 4 nitrogen and oxygen atoms in total. The molecule has 148 valence electrons. The van der Waals surface area contributed by atoms with Gasteiger partial charge in [0.1, 0.15) is 0 Å². The van der Waals surface area contributed by atoms with Crippen molar-refractivity contribution in [1.82, 2.24) is 4.90 Å². The molecule has 2 fully saturated rings. The van der Waals surface area contributed by atoms with Gasteiger partial charge >= 0.3 is 0 Å². The van der Waals surface area contributed by atoms with Crippen LogP contribution in [0.15, 0.2) is 48.5 Å². The van der Waals surface area contributed by atoms with Crippen LogP contribution in [0.1, 0.15) is 29.5 Å². The van der Waals surface area contributed by atoms with Crippen LogP contribution in [0.25, 0.3) is 0 Å². The third-order valence-corrected chi connectivity index (χ3v) is 6.34. The van der Waals surface area contributed by atoms with Crippen LogP contribution in [0.5, 0.6) is 0 Å². The molecule has 2 aliphatic heterocycles. The van der Waals surface area contributed by atoms with Gasteiger partial charge in [-0.15, -0.1) is 0 Å². The molecule has 2 heterocycles. The molecule has 28 heavy (non-hydrogen) atoms. The molecular weight excluding hydrogens is 348 g/mol. The van der Waals surface area contributed by atoms with Gasteiger partial charge in [-0.2, -0.15) is 0 Å². The maximum atomic E-state index is 13.7. The van der Waals surface area contributed by atoms with Crippen LogP contribution >= 0.6 is 0 Å². The molecule has 2 aromatic carbocycles. The zero-order chi connectivity index (χ0) is 19.6. The Morgan fingerprint density at radius 2 is 1.61 bits per heavy atom. The average molecular weight is 379 g/mol. The van der Waals surface area contributed by atoms with E-state index in [4.69, 9.17) is 4.74 Å². The number of anilines is 1. The molecule has 1 amide bonds. The molecule has 0 atom stereocenters. The molecule has 0 aliphatic carbocycles. The maximum absolute atomic E-state index is 13.7. The number of carbonyl (C=O) groups excluding carboxylic acids is 1. The van der Waals surface area contributed by atoms with Crippen LogP contribution in [0.3, 0.4) is 0 Å². The Kier molecular flexibility index (Phi) is 5.40. The molecule has 4 heteroatoms. The lowest BCUT2D eigenvalue weighted by Crippen LogP contribution is -2.56. The fourth-order valence-corrected chi connectivity index (χ4v) is 4.72. The van der Waals surface area contributed by atoms with Crippen LogP contribution in [0, 0.1) is 13.8 Å². The number of benzene rings is 2. The van der Waals surface area contributed by atoms with E-state index in [2.05, 4.69) is 54.0 Å². The van der Waals surface area contributed by atoms with Gasteiger partial charge in [0.2, 0.25) is 5.91 Å². The summed E-state index contributed by atoms with van der Waals surface area (Å²) in [5.74, 6) is 0.280. The zero-order valence-electron chi connectivity index (χ0n) is 17.0. The number of hydrogen-bond acceptors (Lipinski definition) is 3. The summed E-state index contributed by atoms with van der Waals surface area (Å²) in [5, 5.41) is 0. The number of aryl methyl sites for hydroxylation is 2. The molecule has 2 saturated heterocycles. The van der Waals surface area contributed by atoms with Crippen LogP contribution in [-0.4, -0.2) is 50.2 Å². The molecule has 0 saturated carbocycles. The van der Waals surface area contributed by atoms with Gasteiger partial charge in [-0.1, -0.05) is 48.0 Å². The first-order valence-electron chi connectivity index (χ1n) is 10.3. The lowest BCUT2D eigenvalue weighted by Gasteiger charge is -2.43. The van der Waals surface area contributed by atoms with Gasteiger partial charge in [0, 0.05) is 45.1 Å². The van der Waals surface area contributed by atoms with Crippen LogP contribution in [0.2, 0.25) is 0 Å². The summed E-state index contributed by atoms with van der Waals surface area (Å²) in [6.07, 6.45) is 1.54. The normalized spacial score (nSPS) is 19.5. The van der Waals surface area contributed by atoms with Gasteiger partial charge < -0.3 is 14.5 Å². The van der Waals surface area contributed by atoms with Gasteiger partial charge in [-0.25, -0.2) is 0 Å². The number of nitrogens with zero attached hydrogens (tertiary/aromatic N) is 2. The van der Waals surface area contributed by atoms with Crippen molar-refractivity contribution >= 4 is 11.6 Å². The zero-order valence-corrected chi connectivity index (χ0v) is 17.0. The fraction of sp³-hybridized carbons (Fsp3) is 0.458.